The smallest absolute Gasteiger partial charge is 0.316 e. The molecule has 0 aliphatic rings. The number of amides is 2. The van der Waals surface area contributed by atoms with Crippen LogP contribution in [0.4, 0.5) is 4.79 Å². The van der Waals surface area contributed by atoms with Crippen LogP contribution in [0.25, 0.3) is 0 Å². The first-order valence-electron chi connectivity index (χ1n) is 24.9. The molecule has 0 radical (unpaired) electrons. The summed E-state index contributed by atoms with van der Waals surface area (Å²) in [6, 6.07) is -0.0337. The average molecular weight is 808 g/mol. The molecular weight excluding hydrogens is 711 g/mol. The number of urea groups is 1. The van der Waals surface area contributed by atoms with Crippen molar-refractivity contribution in [2.24, 2.45) is 0 Å². The summed E-state index contributed by atoms with van der Waals surface area (Å²) in [5, 5.41) is 3.00. The zero-order valence-corrected chi connectivity index (χ0v) is 38.8. The third-order valence-electron chi connectivity index (χ3n) is 11.4. The quantitative estimate of drug-likeness (QED) is 0.0487. The number of hydrogen-bond acceptors (Lipinski definition) is 6. The summed E-state index contributed by atoms with van der Waals surface area (Å²) in [7, 11) is 3.55. The Bertz CT molecular complexity index is 885. The predicted molar refractivity (Wildman–Crippen MR) is 243 cm³/mol. The van der Waals surface area contributed by atoms with Crippen LogP contribution in [0.15, 0.2) is 0 Å². The van der Waals surface area contributed by atoms with E-state index in [1.807, 2.05) is 0 Å². The molecule has 8 heteroatoms. The van der Waals surface area contributed by atoms with Gasteiger partial charge in [0.1, 0.15) is 6.10 Å². The van der Waals surface area contributed by atoms with E-state index in [1.54, 1.807) is 19.0 Å². The highest BCUT2D eigenvalue weighted by Crippen LogP contribution is 2.19. The third kappa shape index (κ3) is 40.7. The SMILES string of the molecule is CCCCCCCCCOC(=O)CCCCCCCN(CCCCCCCC(=O)OC(CCCCCCCC)CCCCCCCCC)CCCNC(=O)N(C)C. The number of nitrogens with zero attached hydrogens (tertiary/aromatic N) is 2. The van der Waals surface area contributed by atoms with Crippen LogP contribution in [0.1, 0.15) is 245 Å². The number of ether oxygens (including phenoxy) is 2. The van der Waals surface area contributed by atoms with Gasteiger partial charge >= 0.3 is 18.0 Å². The van der Waals surface area contributed by atoms with Gasteiger partial charge in [-0.05, 0) is 83.8 Å². The van der Waals surface area contributed by atoms with E-state index in [4.69, 9.17) is 9.47 Å². The second-order valence-electron chi connectivity index (χ2n) is 17.3. The molecule has 1 N–H and O–H groups in total. The standard InChI is InChI=1S/C49H97N3O5/c1-6-9-12-15-18-23-30-38-46(37-29-22-17-14-11-8-3)57-48(54)40-32-25-21-27-34-43-52(44-36-41-50-49(55)51(4)5)42-33-26-20-24-31-39-47(53)56-45-35-28-19-16-13-10-7-2/h46H,6-45H2,1-5H3,(H,50,55). The fraction of sp³-hybridized carbons (Fsp3) is 0.939. The Labute approximate surface area is 354 Å². The number of unbranched alkanes of at least 4 members (excludes halogenated alkanes) is 25. The minimum Gasteiger partial charge on any atom is -0.466 e. The molecule has 0 bridgehead atoms. The molecule has 0 fully saturated rings. The van der Waals surface area contributed by atoms with E-state index < -0.39 is 0 Å². The van der Waals surface area contributed by atoms with E-state index in [9.17, 15) is 14.4 Å². The largest absolute Gasteiger partial charge is 0.466 e. The average Bonchev–Trinajstić information content (AvgIpc) is 3.19. The van der Waals surface area contributed by atoms with Gasteiger partial charge in [-0.2, -0.15) is 0 Å². The molecule has 0 spiro atoms. The van der Waals surface area contributed by atoms with Gasteiger partial charge in [-0.3, -0.25) is 9.59 Å². The number of rotatable bonds is 44. The van der Waals surface area contributed by atoms with Crippen LogP contribution < -0.4 is 5.32 Å². The summed E-state index contributed by atoms with van der Waals surface area (Å²) in [6.45, 7) is 11.2. The first-order valence-corrected chi connectivity index (χ1v) is 24.9. The maximum Gasteiger partial charge on any atom is 0.316 e. The number of carbonyl (C=O) groups excluding carboxylic acids is 3. The lowest BCUT2D eigenvalue weighted by atomic mass is 10.0. The van der Waals surface area contributed by atoms with Crippen LogP contribution in [-0.4, -0.2) is 80.8 Å². The topological polar surface area (TPSA) is 88.2 Å². The molecule has 0 aromatic heterocycles. The highest BCUT2D eigenvalue weighted by atomic mass is 16.5. The Kier molecular flexibility index (Phi) is 42.3. The molecule has 0 aliphatic carbocycles. The van der Waals surface area contributed by atoms with Crippen molar-refractivity contribution in [1.29, 1.82) is 0 Å². The minimum absolute atomic E-state index is 0.0141. The van der Waals surface area contributed by atoms with Crippen LogP contribution in [-0.2, 0) is 19.1 Å². The van der Waals surface area contributed by atoms with E-state index >= 15 is 0 Å². The Hall–Kier alpha value is -1.83. The van der Waals surface area contributed by atoms with Crippen molar-refractivity contribution in [3.63, 3.8) is 0 Å². The molecule has 57 heavy (non-hydrogen) atoms. The van der Waals surface area contributed by atoms with Crippen molar-refractivity contribution in [3.05, 3.63) is 0 Å². The highest BCUT2D eigenvalue weighted by Gasteiger charge is 2.15. The fourth-order valence-electron chi connectivity index (χ4n) is 7.57. The van der Waals surface area contributed by atoms with Gasteiger partial charge < -0.3 is 24.6 Å². The van der Waals surface area contributed by atoms with Gasteiger partial charge in [0.15, 0.2) is 0 Å². The van der Waals surface area contributed by atoms with Gasteiger partial charge in [0.2, 0.25) is 0 Å². The number of esters is 2. The molecule has 0 aromatic carbocycles. The summed E-state index contributed by atoms with van der Waals surface area (Å²) in [5.74, 6) is -0.0184. The summed E-state index contributed by atoms with van der Waals surface area (Å²) in [6.07, 6.45) is 40.6. The van der Waals surface area contributed by atoms with Crippen LogP contribution in [0.2, 0.25) is 0 Å². The Balaban J connectivity index is 4.37. The van der Waals surface area contributed by atoms with Gasteiger partial charge in [0.05, 0.1) is 6.61 Å². The lowest BCUT2D eigenvalue weighted by Gasteiger charge is -2.23. The van der Waals surface area contributed by atoms with Crippen LogP contribution in [0.3, 0.4) is 0 Å². The molecular formula is C49H97N3O5. The van der Waals surface area contributed by atoms with Gasteiger partial charge in [-0.1, -0.05) is 168 Å². The summed E-state index contributed by atoms with van der Waals surface area (Å²) in [5.41, 5.74) is 0. The molecule has 0 saturated carbocycles. The maximum absolute atomic E-state index is 12.8. The zero-order valence-electron chi connectivity index (χ0n) is 38.8. The Morgan fingerprint density at radius 2 is 0.842 bits per heavy atom. The lowest BCUT2D eigenvalue weighted by Crippen LogP contribution is -2.36. The third-order valence-corrected chi connectivity index (χ3v) is 11.4. The monoisotopic (exact) mass is 808 g/mol. The molecule has 2 amide bonds. The van der Waals surface area contributed by atoms with E-state index in [0.29, 0.717) is 26.0 Å². The van der Waals surface area contributed by atoms with Crippen molar-refractivity contribution in [3.8, 4) is 0 Å². The van der Waals surface area contributed by atoms with Crippen molar-refractivity contribution in [2.45, 2.75) is 252 Å². The molecule has 0 aromatic rings. The van der Waals surface area contributed by atoms with Crippen molar-refractivity contribution in [1.82, 2.24) is 15.1 Å². The lowest BCUT2D eigenvalue weighted by molar-refractivity contribution is -0.150. The number of hydrogen-bond donors (Lipinski definition) is 1. The molecule has 0 heterocycles. The summed E-state index contributed by atoms with van der Waals surface area (Å²) < 4.78 is 11.5. The maximum atomic E-state index is 12.8. The molecule has 0 rings (SSSR count). The zero-order chi connectivity index (χ0) is 41.9. The van der Waals surface area contributed by atoms with Crippen molar-refractivity contribution < 1.29 is 23.9 Å². The predicted octanol–water partition coefficient (Wildman–Crippen LogP) is 13.7. The second-order valence-corrected chi connectivity index (χ2v) is 17.3. The van der Waals surface area contributed by atoms with Gasteiger partial charge in [0, 0.05) is 33.5 Å². The fourth-order valence-corrected chi connectivity index (χ4v) is 7.57. The first kappa shape index (κ1) is 55.2. The second kappa shape index (κ2) is 43.7. The molecule has 0 saturated heterocycles. The highest BCUT2D eigenvalue weighted by molar-refractivity contribution is 5.73. The van der Waals surface area contributed by atoms with Crippen LogP contribution in [0.5, 0.6) is 0 Å². The summed E-state index contributed by atoms with van der Waals surface area (Å²) >= 11 is 0. The Morgan fingerprint density at radius 3 is 1.32 bits per heavy atom. The molecule has 1 atom stereocenters. The molecule has 8 nitrogen and oxygen atoms in total. The summed E-state index contributed by atoms with van der Waals surface area (Å²) in [4.78, 5) is 41.0. The van der Waals surface area contributed by atoms with Gasteiger partial charge in [0.25, 0.3) is 0 Å². The number of nitrogens with one attached hydrogen (secondary N) is 1. The van der Waals surface area contributed by atoms with E-state index in [2.05, 4.69) is 31.0 Å². The molecule has 1 unspecified atom stereocenters. The van der Waals surface area contributed by atoms with Gasteiger partial charge in [-0.25, -0.2) is 4.79 Å². The first-order chi connectivity index (χ1) is 27.8. The van der Waals surface area contributed by atoms with Crippen LogP contribution in [0, 0.1) is 0 Å². The minimum atomic E-state index is -0.0337. The number of carbonyl (C=O) groups is 3. The van der Waals surface area contributed by atoms with Crippen molar-refractivity contribution in [2.75, 3.05) is 46.9 Å². The molecule has 0 aliphatic heterocycles. The van der Waals surface area contributed by atoms with E-state index in [-0.39, 0.29) is 24.1 Å². The van der Waals surface area contributed by atoms with Crippen LogP contribution >= 0.6 is 0 Å². The molecule has 338 valence electrons. The van der Waals surface area contributed by atoms with E-state index in [0.717, 1.165) is 103 Å². The van der Waals surface area contributed by atoms with Crippen molar-refractivity contribution >= 4 is 18.0 Å². The normalized spacial score (nSPS) is 11.9. The van der Waals surface area contributed by atoms with Gasteiger partial charge in [-0.15, -0.1) is 0 Å². The Morgan fingerprint density at radius 1 is 0.456 bits per heavy atom. The van der Waals surface area contributed by atoms with E-state index in [1.165, 1.54) is 128 Å².